The first kappa shape index (κ1) is 23.1. The number of halogens is 3. The fourth-order valence-electron chi connectivity index (χ4n) is 2.46. The van der Waals surface area contributed by atoms with Gasteiger partial charge in [-0.15, -0.1) is 11.3 Å². The van der Waals surface area contributed by atoms with Gasteiger partial charge in [-0.1, -0.05) is 23.9 Å². The van der Waals surface area contributed by atoms with Gasteiger partial charge in [0.2, 0.25) is 5.88 Å². The number of hydrogen-bond donors (Lipinski definition) is 1. The van der Waals surface area contributed by atoms with Crippen LogP contribution in [0.2, 0.25) is 0 Å². The van der Waals surface area contributed by atoms with E-state index in [0.29, 0.717) is 34.4 Å². The molecule has 10 heteroatoms. The summed E-state index contributed by atoms with van der Waals surface area (Å²) in [6.07, 6.45) is -2.28. The number of carboxylic acids is 1. The smallest absolute Gasteiger partial charge is 0.416 e. The van der Waals surface area contributed by atoms with Crippen LogP contribution in [0.15, 0.2) is 52.3 Å². The number of aromatic nitrogens is 2. The summed E-state index contributed by atoms with van der Waals surface area (Å²) in [6, 6.07) is 8.28. The number of alkyl halides is 3. The third kappa shape index (κ3) is 6.20. The predicted octanol–water partition coefficient (Wildman–Crippen LogP) is 5.80. The van der Waals surface area contributed by atoms with Crippen molar-refractivity contribution in [2.45, 2.75) is 35.5 Å². The van der Waals surface area contributed by atoms with E-state index in [4.69, 9.17) is 4.74 Å². The van der Waals surface area contributed by atoms with Gasteiger partial charge in [0.25, 0.3) is 0 Å². The summed E-state index contributed by atoms with van der Waals surface area (Å²) in [4.78, 5) is 19.8. The molecule has 164 valence electrons. The van der Waals surface area contributed by atoms with Gasteiger partial charge in [0.1, 0.15) is 4.75 Å². The Labute approximate surface area is 185 Å². The van der Waals surface area contributed by atoms with Crippen LogP contribution in [0.25, 0.3) is 11.1 Å². The van der Waals surface area contributed by atoms with E-state index < -0.39 is 22.5 Å². The average molecular weight is 469 g/mol. The summed E-state index contributed by atoms with van der Waals surface area (Å²) in [5.41, 5.74) is 1.42. The molecule has 0 aliphatic heterocycles. The quantitative estimate of drug-likeness (QED) is 0.421. The highest BCUT2D eigenvalue weighted by Gasteiger charge is 2.30. The first-order valence-corrected chi connectivity index (χ1v) is 10.9. The Morgan fingerprint density at radius 2 is 1.81 bits per heavy atom. The van der Waals surface area contributed by atoms with Crippen LogP contribution in [-0.2, 0) is 17.4 Å². The SMILES string of the molecule is CC(C)(Sc1nc(CCOc2ccc(-c3ccc(C(F)(F)F)cc3)cn2)cs1)C(=O)O. The van der Waals surface area contributed by atoms with Crippen LogP contribution in [0.5, 0.6) is 5.88 Å². The van der Waals surface area contributed by atoms with Gasteiger partial charge >= 0.3 is 12.1 Å². The second kappa shape index (κ2) is 9.27. The van der Waals surface area contributed by atoms with Crippen molar-refractivity contribution in [2.75, 3.05) is 6.61 Å². The minimum absolute atomic E-state index is 0.336. The molecule has 2 heterocycles. The van der Waals surface area contributed by atoms with Gasteiger partial charge in [-0.05, 0) is 37.6 Å². The number of ether oxygens (including phenoxy) is 1. The second-order valence-electron chi connectivity index (χ2n) is 7.08. The highest BCUT2D eigenvalue weighted by molar-refractivity contribution is 8.02. The molecule has 0 atom stereocenters. The summed E-state index contributed by atoms with van der Waals surface area (Å²) < 4.78 is 43.3. The molecule has 0 bridgehead atoms. The topological polar surface area (TPSA) is 72.3 Å². The van der Waals surface area contributed by atoms with Crippen LogP contribution in [0.1, 0.15) is 25.1 Å². The minimum Gasteiger partial charge on any atom is -0.480 e. The van der Waals surface area contributed by atoms with Crippen molar-refractivity contribution in [3.63, 3.8) is 0 Å². The molecule has 0 saturated carbocycles. The molecule has 5 nitrogen and oxygen atoms in total. The second-order valence-corrected chi connectivity index (χ2v) is 9.81. The summed E-state index contributed by atoms with van der Waals surface area (Å²) in [5.74, 6) is -0.504. The molecular weight excluding hydrogens is 449 g/mol. The number of carbonyl (C=O) groups is 1. The van der Waals surface area contributed by atoms with E-state index in [2.05, 4.69) is 9.97 Å². The minimum atomic E-state index is -4.36. The van der Waals surface area contributed by atoms with Crippen molar-refractivity contribution in [1.82, 2.24) is 9.97 Å². The van der Waals surface area contributed by atoms with Crippen molar-refractivity contribution in [3.05, 3.63) is 59.2 Å². The van der Waals surface area contributed by atoms with Gasteiger partial charge in [-0.2, -0.15) is 13.2 Å². The first-order chi connectivity index (χ1) is 14.5. The van der Waals surface area contributed by atoms with Crippen molar-refractivity contribution < 1.29 is 27.8 Å². The maximum absolute atomic E-state index is 12.7. The molecule has 0 unspecified atom stereocenters. The molecular formula is C21H19F3N2O3S2. The van der Waals surface area contributed by atoms with Gasteiger partial charge in [-0.3, -0.25) is 4.79 Å². The number of hydrogen-bond acceptors (Lipinski definition) is 6. The van der Waals surface area contributed by atoms with Crippen LogP contribution in [-0.4, -0.2) is 32.4 Å². The van der Waals surface area contributed by atoms with Gasteiger partial charge in [0.15, 0.2) is 4.34 Å². The van der Waals surface area contributed by atoms with Crippen LogP contribution in [0.4, 0.5) is 13.2 Å². The number of thiazole rings is 1. The number of pyridine rings is 1. The molecule has 0 spiro atoms. The number of nitrogens with zero attached hydrogens (tertiary/aromatic N) is 2. The molecule has 1 aromatic carbocycles. The average Bonchev–Trinajstić information content (AvgIpc) is 3.14. The number of rotatable bonds is 8. The van der Waals surface area contributed by atoms with Gasteiger partial charge in [0, 0.05) is 29.6 Å². The van der Waals surface area contributed by atoms with Crippen LogP contribution in [0, 0.1) is 0 Å². The Hall–Kier alpha value is -2.59. The molecule has 0 fully saturated rings. The van der Waals surface area contributed by atoms with Crippen LogP contribution >= 0.6 is 23.1 Å². The summed E-state index contributed by atoms with van der Waals surface area (Å²) in [6.45, 7) is 3.59. The Morgan fingerprint density at radius 3 is 2.39 bits per heavy atom. The zero-order valence-corrected chi connectivity index (χ0v) is 18.3. The van der Waals surface area contributed by atoms with E-state index in [1.165, 1.54) is 35.2 Å². The zero-order chi connectivity index (χ0) is 22.6. The van der Waals surface area contributed by atoms with E-state index in [-0.39, 0.29) is 0 Å². The predicted molar refractivity (Wildman–Crippen MR) is 114 cm³/mol. The molecule has 2 aromatic heterocycles. The lowest BCUT2D eigenvalue weighted by Gasteiger charge is -2.15. The lowest BCUT2D eigenvalue weighted by Crippen LogP contribution is -2.26. The normalized spacial score (nSPS) is 12.0. The summed E-state index contributed by atoms with van der Waals surface area (Å²) in [5, 5.41) is 11.1. The molecule has 1 N–H and O–H groups in total. The highest BCUT2D eigenvalue weighted by atomic mass is 32.2. The molecule has 0 amide bonds. The van der Waals surface area contributed by atoms with Crippen molar-refractivity contribution >= 4 is 29.1 Å². The third-order valence-electron chi connectivity index (χ3n) is 4.28. The first-order valence-electron chi connectivity index (χ1n) is 9.18. The Bertz CT molecular complexity index is 1030. The third-order valence-corrected chi connectivity index (χ3v) is 6.45. The molecule has 31 heavy (non-hydrogen) atoms. The number of benzene rings is 1. The van der Waals surface area contributed by atoms with Crippen molar-refractivity contribution in [3.8, 4) is 17.0 Å². The molecule has 0 saturated heterocycles. The standard InChI is InChI=1S/C21H19F3N2O3S2/c1-20(2,18(27)28)31-19-26-16(12-30-19)9-10-29-17-8-5-14(11-25-17)13-3-6-15(7-4-13)21(22,23)24/h3-8,11-12H,9-10H2,1-2H3,(H,27,28). The highest BCUT2D eigenvalue weighted by Crippen LogP contribution is 2.35. The monoisotopic (exact) mass is 468 g/mol. The zero-order valence-electron chi connectivity index (χ0n) is 16.6. The van der Waals surface area contributed by atoms with E-state index in [1.807, 2.05) is 5.38 Å². The van der Waals surface area contributed by atoms with Crippen LogP contribution < -0.4 is 4.74 Å². The Kier molecular flexibility index (Phi) is 6.90. The Morgan fingerprint density at radius 1 is 1.13 bits per heavy atom. The lowest BCUT2D eigenvalue weighted by atomic mass is 10.1. The van der Waals surface area contributed by atoms with E-state index in [9.17, 15) is 23.1 Å². The summed E-state index contributed by atoms with van der Waals surface area (Å²) in [7, 11) is 0. The number of thioether (sulfide) groups is 1. The van der Waals surface area contributed by atoms with E-state index in [1.54, 1.807) is 32.2 Å². The fourth-order valence-corrected chi connectivity index (χ4v) is 4.69. The molecule has 0 aliphatic rings. The van der Waals surface area contributed by atoms with Crippen molar-refractivity contribution in [1.29, 1.82) is 0 Å². The number of aliphatic carboxylic acids is 1. The van der Waals surface area contributed by atoms with Gasteiger partial charge in [0.05, 0.1) is 17.9 Å². The summed E-state index contributed by atoms with van der Waals surface area (Å²) >= 11 is 2.59. The maximum Gasteiger partial charge on any atom is 0.416 e. The van der Waals surface area contributed by atoms with E-state index >= 15 is 0 Å². The van der Waals surface area contributed by atoms with Gasteiger partial charge in [-0.25, -0.2) is 9.97 Å². The molecule has 0 radical (unpaired) electrons. The number of carboxylic acid groups (broad SMARTS) is 1. The fraction of sp³-hybridized carbons (Fsp3) is 0.286. The molecule has 0 aliphatic carbocycles. The largest absolute Gasteiger partial charge is 0.480 e. The van der Waals surface area contributed by atoms with Crippen LogP contribution in [0.3, 0.4) is 0 Å². The van der Waals surface area contributed by atoms with E-state index in [0.717, 1.165) is 17.8 Å². The van der Waals surface area contributed by atoms with Gasteiger partial charge < -0.3 is 9.84 Å². The van der Waals surface area contributed by atoms with Crippen molar-refractivity contribution in [2.24, 2.45) is 0 Å². The Balaban J connectivity index is 1.53. The molecule has 3 aromatic rings. The molecule has 3 rings (SSSR count). The lowest BCUT2D eigenvalue weighted by molar-refractivity contribution is -0.139. The maximum atomic E-state index is 12.7.